The van der Waals surface area contributed by atoms with Gasteiger partial charge in [-0.2, -0.15) is 0 Å². The van der Waals surface area contributed by atoms with Gasteiger partial charge in [0.05, 0.1) is 5.69 Å². The van der Waals surface area contributed by atoms with Gasteiger partial charge in [0.2, 0.25) is 0 Å². The molecule has 0 aliphatic rings. The summed E-state index contributed by atoms with van der Waals surface area (Å²) in [5, 5.41) is 6.01. The monoisotopic (exact) mass is 328 g/mol. The molecule has 116 valence electrons. The van der Waals surface area contributed by atoms with Crippen molar-refractivity contribution in [3.63, 3.8) is 0 Å². The Morgan fingerprint density at radius 1 is 1.13 bits per heavy atom. The maximum absolute atomic E-state index is 13.6. The van der Waals surface area contributed by atoms with E-state index < -0.39 is 11.7 Å². The van der Waals surface area contributed by atoms with Crippen LogP contribution in [-0.4, -0.2) is 11.0 Å². The first-order valence-electron chi connectivity index (χ1n) is 6.91. The molecule has 0 fully saturated rings. The molecule has 3 rings (SSSR count). The number of carbonyl (C=O) groups is 1. The van der Waals surface area contributed by atoms with Crippen LogP contribution in [0, 0.1) is 12.7 Å². The quantitative estimate of drug-likeness (QED) is 0.698. The average molecular weight is 328 g/mol. The van der Waals surface area contributed by atoms with E-state index in [0.29, 0.717) is 5.58 Å². The van der Waals surface area contributed by atoms with Gasteiger partial charge in [-0.25, -0.2) is 4.39 Å². The second-order valence-electron chi connectivity index (χ2n) is 4.94. The van der Waals surface area contributed by atoms with E-state index in [4.69, 9.17) is 16.6 Å². The molecule has 0 saturated heterocycles. The minimum Gasteiger partial charge on any atom is -0.451 e. The van der Waals surface area contributed by atoms with E-state index in [1.165, 1.54) is 12.1 Å². The predicted molar refractivity (Wildman–Crippen MR) is 91.0 cm³/mol. The van der Waals surface area contributed by atoms with Crippen molar-refractivity contribution in [3.8, 4) is 0 Å². The van der Waals surface area contributed by atoms with Gasteiger partial charge in [0.25, 0.3) is 5.91 Å². The lowest BCUT2D eigenvalue weighted by molar-refractivity contribution is 0.0952. The Morgan fingerprint density at radius 2 is 1.83 bits per heavy atom. The number of hydrogen-bond donors (Lipinski definition) is 2. The van der Waals surface area contributed by atoms with E-state index in [-0.39, 0.29) is 16.6 Å². The summed E-state index contributed by atoms with van der Waals surface area (Å²) in [6.45, 7) is 1.80. The molecule has 2 aromatic carbocycles. The highest BCUT2D eigenvalue weighted by molar-refractivity contribution is 7.80. The number of amides is 1. The lowest BCUT2D eigenvalue weighted by Crippen LogP contribution is -2.34. The summed E-state index contributed by atoms with van der Waals surface area (Å²) in [6, 6.07) is 13.4. The van der Waals surface area contributed by atoms with Crippen LogP contribution < -0.4 is 10.6 Å². The highest BCUT2D eigenvalue weighted by Gasteiger charge is 2.18. The molecule has 0 spiro atoms. The predicted octanol–water partition coefficient (Wildman–Crippen LogP) is 4.01. The van der Waals surface area contributed by atoms with Crippen LogP contribution in [0.3, 0.4) is 0 Å². The van der Waals surface area contributed by atoms with Crippen LogP contribution in [0.1, 0.15) is 16.1 Å². The number of benzene rings is 2. The zero-order valence-corrected chi connectivity index (χ0v) is 13.0. The Hall–Kier alpha value is -2.73. The van der Waals surface area contributed by atoms with Crippen LogP contribution in [0.4, 0.5) is 10.1 Å². The van der Waals surface area contributed by atoms with Crippen molar-refractivity contribution in [2.45, 2.75) is 6.92 Å². The minimum atomic E-state index is -0.479. The summed E-state index contributed by atoms with van der Waals surface area (Å²) in [6.07, 6.45) is 0. The van der Waals surface area contributed by atoms with Crippen LogP contribution in [0.15, 0.2) is 52.9 Å². The highest BCUT2D eigenvalue weighted by atomic mass is 32.1. The largest absolute Gasteiger partial charge is 0.451 e. The molecule has 23 heavy (non-hydrogen) atoms. The zero-order valence-electron chi connectivity index (χ0n) is 12.2. The first kappa shape index (κ1) is 15.2. The molecule has 4 nitrogen and oxygen atoms in total. The number of aryl methyl sites for hydroxylation is 1. The molecule has 2 N–H and O–H groups in total. The molecule has 0 atom stereocenters. The van der Waals surface area contributed by atoms with Crippen molar-refractivity contribution < 1.29 is 13.6 Å². The third-order valence-electron chi connectivity index (χ3n) is 3.40. The number of furan rings is 1. The highest BCUT2D eigenvalue weighted by Crippen LogP contribution is 2.24. The third kappa shape index (κ3) is 3.07. The van der Waals surface area contributed by atoms with Crippen molar-refractivity contribution in [2.24, 2.45) is 0 Å². The minimum absolute atomic E-state index is 0.0000406. The van der Waals surface area contributed by atoms with E-state index in [0.717, 1.165) is 10.9 Å². The molecule has 0 bridgehead atoms. The van der Waals surface area contributed by atoms with Gasteiger partial charge in [0, 0.05) is 10.9 Å². The summed E-state index contributed by atoms with van der Waals surface area (Å²) in [5.41, 5.74) is 1.55. The summed E-state index contributed by atoms with van der Waals surface area (Å²) in [7, 11) is 0. The molecule has 0 radical (unpaired) electrons. The first-order valence-corrected chi connectivity index (χ1v) is 7.32. The molecular formula is C17H13FN2O2S. The fourth-order valence-electron chi connectivity index (χ4n) is 2.27. The number of hydrogen-bond acceptors (Lipinski definition) is 3. The second kappa shape index (κ2) is 6.18. The summed E-state index contributed by atoms with van der Waals surface area (Å²) in [4.78, 5) is 12.3. The van der Waals surface area contributed by atoms with Crippen LogP contribution in [0.5, 0.6) is 0 Å². The number of anilines is 1. The summed E-state index contributed by atoms with van der Waals surface area (Å²) in [5.74, 6) is -0.750. The maximum atomic E-state index is 13.6. The topological polar surface area (TPSA) is 54.3 Å². The standard InChI is InChI=1S/C17H13FN2O2S/c1-10-11-6-2-5-9-14(11)22-15(10)16(21)20-17(23)19-13-8-4-3-7-12(13)18/h2-9H,1H3,(H2,19,20,21,23). The van der Waals surface area contributed by atoms with Gasteiger partial charge in [0.1, 0.15) is 11.4 Å². The van der Waals surface area contributed by atoms with E-state index in [1.54, 1.807) is 25.1 Å². The number of nitrogens with one attached hydrogen (secondary N) is 2. The fourth-order valence-corrected chi connectivity index (χ4v) is 2.47. The van der Waals surface area contributed by atoms with Crippen LogP contribution >= 0.6 is 12.2 Å². The zero-order chi connectivity index (χ0) is 16.4. The molecule has 1 amide bonds. The van der Waals surface area contributed by atoms with Crippen molar-refractivity contribution >= 4 is 39.9 Å². The third-order valence-corrected chi connectivity index (χ3v) is 3.60. The van der Waals surface area contributed by atoms with Crippen LogP contribution in [0.2, 0.25) is 0 Å². The molecule has 3 aromatic rings. The molecular weight excluding hydrogens is 315 g/mol. The van der Waals surface area contributed by atoms with Gasteiger partial charge in [-0.05, 0) is 37.3 Å². The summed E-state index contributed by atoms with van der Waals surface area (Å²) >= 11 is 5.04. The van der Waals surface area contributed by atoms with Crippen molar-refractivity contribution in [2.75, 3.05) is 5.32 Å². The van der Waals surface area contributed by atoms with Gasteiger partial charge in [-0.15, -0.1) is 0 Å². The number of thiocarbonyl (C=S) groups is 1. The molecule has 1 heterocycles. The molecule has 6 heteroatoms. The van der Waals surface area contributed by atoms with E-state index in [2.05, 4.69) is 10.6 Å². The number of fused-ring (bicyclic) bond motifs is 1. The van der Waals surface area contributed by atoms with E-state index in [1.807, 2.05) is 18.2 Å². The lowest BCUT2D eigenvalue weighted by atomic mass is 10.1. The van der Waals surface area contributed by atoms with Crippen LogP contribution in [-0.2, 0) is 0 Å². The van der Waals surface area contributed by atoms with E-state index in [9.17, 15) is 9.18 Å². The molecule has 0 unspecified atom stereocenters. The van der Waals surface area contributed by atoms with Gasteiger partial charge in [0.15, 0.2) is 10.9 Å². The average Bonchev–Trinajstić information content (AvgIpc) is 2.87. The molecule has 1 aromatic heterocycles. The second-order valence-corrected chi connectivity index (χ2v) is 5.35. The van der Waals surface area contributed by atoms with Gasteiger partial charge in [-0.3, -0.25) is 10.1 Å². The fraction of sp³-hybridized carbons (Fsp3) is 0.0588. The number of rotatable bonds is 2. The first-order chi connectivity index (χ1) is 11.1. The van der Waals surface area contributed by atoms with Crippen molar-refractivity contribution in [3.05, 3.63) is 65.7 Å². The molecule has 0 aliphatic carbocycles. The van der Waals surface area contributed by atoms with Crippen LogP contribution in [0.25, 0.3) is 11.0 Å². The lowest BCUT2D eigenvalue weighted by Gasteiger charge is -2.09. The van der Waals surface area contributed by atoms with Crippen molar-refractivity contribution in [1.29, 1.82) is 0 Å². The van der Waals surface area contributed by atoms with Gasteiger partial charge >= 0.3 is 0 Å². The Kier molecular flexibility index (Phi) is 4.08. The molecule has 0 aliphatic heterocycles. The Bertz CT molecular complexity index is 904. The normalized spacial score (nSPS) is 10.5. The smallest absolute Gasteiger partial charge is 0.293 e. The van der Waals surface area contributed by atoms with E-state index >= 15 is 0 Å². The summed E-state index contributed by atoms with van der Waals surface area (Å²) < 4.78 is 19.1. The number of para-hydroxylation sites is 2. The van der Waals surface area contributed by atoms with Crippen molar-refractivity contribution in [1.82, 2.24) is 5.32 Å². The van der Waals surface area contributed by atoms with Gasteiger partial charge in [-0.1, -0.05) is 30.3 Å². The van der Waals surface area contributed by atoms with Gasteiger partial charge < -0.3 is 9.73 Å². The molecule has 0 saturated carbocycles. The Morgan fingerprint density at radius 3 is 2.57 bits per heavy atom. The number of carbonyl (C=O) groups excluding carboxylic acids is 1. The Labute approximate surface area is 137 Å². The Balaban J connectivity index is 1.77. The number of halogens is 1. The SMILES string of the molecule is Cc1c(C(=O)NC(=S)Nc2ccccc2F)oc2ccccc12. The maximum Gasteiger partial charge on any atom is 0.293 e.